The molecule has 3 N–H and O–H groups in total. The van der Waals surface area contributed by atoms with Crippen LogP contribution >= 0.6 is 0 Å². The Kier molecular flexibility index (Phi) is 18.5. The summed E-state index contributed by atoms with van der Waals surface area (Å²) >= 11 is 0. The Morgan fingerprint density at radius 3 is 1.85 bits per heavy atom. The molecule has 0 aromatic carbocycles. The van der Waals surface area contributed by atoms with E-state index in [-0.39, 0.29) is 16.2 Å². The first-order valence-corrected chi connectivity index (χ1v) is 7.08. The number of ether oxygens (including phenoxy) is 2. The SMILES string of the molecule is CC.CCNC(=O)NCCOCCOCCNC(C)=O.[HH].[HH].[HH]. The van der Waals surface area contributed by atoms with Crippen molar-refractivity contribution in [2.75, 3.05) is 46.1 Å². The van der Waals surface area contributed by atoms with Crippen LogP contribution in [-0.4, -0.2) is 58.0 Å². The van der Waals surface area contributed by atoms with Crippen molar-refractivity contribution in [3.63, 3.8) is 0 Å². The monoisotopic (exact) mass is 297 g/mol. The normalized spacial score (nSPS) is 9.20. The summed E-state index contributed by atoms with van der Waals surface area (Å²) in [7, 11) is 0. The van der Waals surface area contributed by atoms with Gasteiger partial charge >= 0.3 is 6.03 Å². The highest BCUT2D eigenvalue weighted by Gasteiger charge is 1.96. The molecule has 0 aliphatic carbocycles. The molecule has 0 aliphatic rings. The van der Waals surface area contributed by atoms with E-state index in [4.69, 9.17) is 9.47 Å². The highest BCUT2D eigenvalue weighted by Crippen LogP contribution is 1.78. The molecule has 0 aromatic heterocycles. The molecule has 0 saturated carbocycles. The van der Waals surface area contributed by atoms with Gasteiger partial charge < -0.3 is 25.4 Å². The maximum atomic E-state index is 11.0. The number of nitrogens with one attached hydrogen (secondary N) is 3. The number of urea groups is 1. The van der Waals surface area contributed by atoms with Crippen LogP contribution in [0.2, 0.25) is 0 Å². The van der Waals surface area contributed by atoms with E-state index in [0.717, 1.165) is 0 Å². The zero-order valence-electron chi connectivity index (χ0n) is 13.1. The van der Waals surface area contributed by atoms with Gasteiger partial charge in [-0.15, -0.1) is 0 Å². The molecule has 0 bridgehead atoms. The molecule has 7 heteroatoms. The molecule has 0 saturated heterocycles. The summed E-state index contributed by atoms with van der Waals surface area (Å²) in [6.45, 7) is 10.8. The molecular formula is C13H35N3O4. The topological polar surface area (TPSA) is 88.7 Å². The van der Waals surface area contributed by atoms with Crippen molar-refractivity contribution in [3.05, 3.63) is 0 Å². The van der Waals surface area contributed by atoms with Gasteiger partial charge in [0.05, 0.1) is 26.4 Å². The second-order valence-electron chi connectivity index (χ2n) is 3.49. The van der Waals surface area contributed by atoms with Crippen molar-refractivity contribution in [2.24, 2.45) is 0 Å². The summed E-state index contributed by atoms with van der Waals surface area (Å²) in [5, 5.41) is 7.88. The first kappa shape index (κ1) is 21.0. The van der Waals surface area contributed by atoms with Gasteiger partial charge in [-0.1, -0.05) is 13.8 Å². The molecule has 0 heterocycles. The molecule has 3 amide bonds. The zero-order chi connectivity index (χ0) is 15.6. The Hall–Kier alpha value is -1.34. The first-order chi connectivity index (χ1) is 9.66. The first-order valence-electron chi connectivity index (χ1n) is 7.08. The predicted octanol–water partition coefficient (Wildman–Crippen LogP) is 1.24. The molecule has 0 unspecified atom stereocenters. The largest absolute Gasteiger partial charge is 0.377 e. The minimum atomic E-state index is -0.187. The minimum Gasteiger partial charge on any atom is -0.377 e. The highest BCUT2D eigenvalue weighted by atomic mass is 16.5. The lowest BCUT2D eigenvalue weighted by Crippen LogP contribution is -2.37. The fourth-order valence-corrected chi connectivity index (χ4v) is 1.08. The van der Waals surface area contributed by atoms with Crippen LogP contribution in [0.1, 0.15) is 32.0 Å². The van der Waals surface area contributed by atoms with Crippen molar-refractivity contribution >= 4 is 11.9 Å². The number of rotatable bonds is 10. The predicted molar refractivity (Wildman–Crippen MR) is 85.1 cm³/mol. The lowest BCUT2D eigenvalue weighted by molar-refractivity contribution is -0.119. The summed E-state index contributed by atoms with van der Waals surface area (Å²) in [6.07, 6.45) is 0. The molecule has 0 spiro atoms. The lowest BCUT2D eigenvalue weighted by Gasteiger charge is -2.07. The Morgan fingerprint density at radius 1 is 0.900 bits per heavy atom. The average Bonchev–Trinajstić information content (AvgIpc) is 2.43. The van der Waals surface area contributed by atoms with Gasteiger partial charge in [0.25, 0.3) is 0 Å². The van der Waals surface area contributed by atoms with Crippen LogP contribution in [0.5, 0.6) is 0 Å². The molecule has 20 heavy (non-hydrogen) atoms. The van der Waals surface area contributed by atoms with Crippen LogP contribution in [0.25, 0.3) is 0 Å². The van der Waals surface area contributed by atoms with E-state index in [2.05, 4.69) is 16.0 Å². The van der Waals surface area contributed by atoms with E-state index < -0.39 is 0 Å². The van der Waals surface area contributed by atoms with Gasteiger partial charge in [0.1, 0.15) is 0 Å². The zero-order valence-corrected chi connectivity index (χ0v) is 13.1. The average molecular weight is 297 g/mol. The van der Waals surface area contributed by atoms with E-state index in [1.807, 2.05) is 20.8 Å². The highest BCUT2D eigenvalue weighted by molar-refractivity contribution is 5.73. The Bertz CT molecular complexity index is 251. The van der Waals surface area contributed by atoms with E-state index in [9.17, 15) is 9.59 Å². The Morgan fingerprint density at radius 2 is 1.40 bits per heavy atom. The van der Waals surface area contributed by atoms with Gasteiger partial charge in [0.2, 0.25) is 5.91 Å². The van der Waals surface area contributed by atoms with Gasteiger partial charge in [-0.3, -0.25) is 4.79 Å². The number of hydrogen-bond acceptors (Lipinski definition) is 4. The van der Waals surface area contributed by atoms with Crippen LogP contribution < -0.4 is 16.0 Å². The Balaban J connectivity index is -0.000000207. The van der Waals surface area contributed by atoms with E-state index >= 15 is 0 Å². The number of carbonyl (C=O) groups excluding carboxylic acids is 2. The lowest BCUT2D eigenvalue weighted by atomic mass is 10.6. The standard InChI is InChI=1S/C11H23N3O4.C2H6.3H2/c1-3-12-11(16)14-5-7-18-9-8-17-6-4-13-10(2)15;1-2;;;/h3-9H2,1-2H3,(H,13,15)(H2,12,14,16);1-2H3;3*1H. The van der Waals surface area contributed by atoms with Crippen LogP contribution in [-0.2, 0) is 14.3 Å². The fraction of sp³-hybridized carbons (Fsp3) is 0.846. The van der Waals surface area contributed by atoms with Crippen LogP contribution in [0.3, 0.4) is 0 Å². The van der Waals surface area contributed by atoms with Gasteiger partial charge in [0.15, 0.2) is 0 Å². The number of hydrogen-bond donors (Lipinski definition) is 3. The Labute approximate surface area is 126 Å². The summed E-state index contributed by atoms with van der Waals surface area (Å²) in [4.78, 5) is 21.5. The summed E-state index contributed by atoms with van der Waals surface area (Å²) in [5.41, 5.74) is 0. The molecule has 0 aromatic rings. The molecular weight excluding hydrogens is 262 g/mol. The minimum absolute atomic E-state index is 0. The second kappa shape index (κ2) is 17.7. The van der Waals surface area contributed by atoms with Crippen molar-refractivity contribution in [1.82, 2.24) is 16.0 Å². The molecule has 7 nitrogen and oxygen atoms in total. The van der Waals surface area contributed by atoms with Crippen molar-refractivity contribution in [3.8, 4) is 0 Å². The van der Waals surface area contributed by atoms with Crippen molar-refractivity contribution < 1.29 is 23.3 Å². The van der Waals surface area contributed by atoms with E-state index in [1.165, 1.54) is 6.92 Å². The van der Waals surface area contributed by atoms with Crippen LogP contribution in [0.15, 0.2) is 0 Å². The van der Waals surface area contributed by atoms with Crippen molar-refractivity contribution in [2.45, 2.75) is 27.7 Å². The van der Waals surface area contributed by atoms with E-state index in [1.54, 1.807) is 0 Å². The summed E-state index contributed by atoms with van der Waals surface area (Å²) in [5.74, 6) is -0.0636. The molecule has 0 radical (unpaired) electrons. The molecule has 0 rings (SSSR count). The summed E-state index contributed by atoms with van der Waals surface area (Å²) < 4.78 is 10.4. The summed E-state index contributed by atoms with van der Waals surface area (Å²) in [6, 6.07) is -0.187. The third kappa shape index (κ3) is 19.0. The third-order valence-electron chi connectivity index (χ3n) is 1.86. The van der Waals surface area contributed by atoms with E-state index in [0.29, 0.717) is 46.1 Å². The maximum absolute atomic E-state index is 11.0. The van der Waals surface area contributed by atoms with Crippen LogP contribution in [0.4, 0.5) is 4.79 Å². The van der Waals surface area contributed by atoms with Gasteiger partial charge in [-0.05, 0) is 6.92 Å². The fourth-order valence-electron chi connectivity index (χ4n) is 1.08. The molecule has 0 fully saturated rings. The van der Waals surface area contributed by atoms with Gasteiger partial charge in [0, 0.05) is 30.8 Å². The van der Waals surface area contributed by atoms with Gasteiger partial charge in [-0.2, -0.15) is 0 Å². The number of carbonyl (C=O) groups is 2. The quantitative estimate of drug-likeness (QED) is 0.529. The third-order valence-corrected chi connectivity index (χ3v) is 1.86. The van der Waals surface area contributed by atoms with Crippen molar-refractivity contribution in [1.29, 1.82) is 0 Å². The van der Waals surface area contributed by atoms with Crippen LogP contribution in [0, 0.1) is 0 Å². The molecule has 126 valence electrons. The second-order valence-corrected chi connectivity index (χ2v) is 3.49. The molecule has 0 aliphatic heterocycles. The smallest absolute Gasteiger partial charge is 0.314 e. The number of amides is 3. The molecule has 0 atom stereocenters. The van der Waals surface area contributed by atoms with Gasteiger partial charge in [-0.25, -0.2) is 4.79 Å². The maximum Gasteiger partial charge on any atom is 0.314 e.